The summed E-state index contributed by atoms with van der Waals surface area (Å²) in [4.78, 5) is 32.8. The van der Waals surface area contributed by atoms with E-state index in [4.69, 9.17) is 16.3 Å². The van der Waals surface area contributed by atoms with Crippen molar-refractivity contribution in [3.05, 3.63) is 89.9 Å². The summed E-state index contributed by atoms with van der Waals surface area (Å²) >= 11 is 6.58. The third kappa shape index (κ3) is 6.64. The van der Waals surface area contributed by atoms with E-state index in [-0.39, 0.29) is 33.6 Å². The molecule has 2 aliphatic carbocycles. The van der Waals surface area contributed by atoms with Crippen LogP contribution in [0, 0.1) is 5.82 Å². The van der Waals surface area contributed by atoms with Gasteiger partial charge in [0.25, 0.3) is 15.9 Å². The number of hydrogen-bond acceptors (Lipinski definition) is 11. The third-order valence-electron chi connectivity index (χ3n) is 10.0. The largest absolute Gasteiger partial charge is 0.453 e. The fourth-order valence-corrected chi connectivity index (χ4v) is 7.92. The molecule has 0 unspecified atom stereocenters. The molecule has 2 aliphatic rings. The van der Waals surface area contributed by atoms with Crippen molar-refractivity contribution in [1.29, 1.82) is 0 Å². The van der Waals surface area contributed by atoms with E-state index in [1.54, 1.807) is 12.1 Å². The minimum Gasteiger partial charge on any atom is -0.453 e. The molecular weight excluding hydrogens is 721 g/mol. The summed E-state index contributed by atoms with van der Waals surface area (Å²) in [6.45, 7) is 0.0344. The topological polar surface area (TPSA) is 157 Å². The molecule has 2 saturated carbocycles. The minimum atomic E-state index is -3.95. The molecule has 3 aromatic carbocycles. The predicted octanol–water partition coefficient (Wildman–Crippen LogP) is 6.26. The molecule has 2 fully saturated rings. The van der Waals surface area contributed by atoms with E-state index in [1.807, 2.05) is 38.4 Å². The molecule has 0 bridgehead atoms. The van der Waals surface area contributed by atoms with Gasteiger partial charge in [0.15, 0.2) is 18.2 Å². The van der Waals surface area contributed by atoms with E-state index >= 15 is 4.39 Å². The molecule has 0 radical (unpaired) electrons. The zero-order chi connectivity index (χ0) is 36.9. The number of amides is 1. The highest BCUT2D eigenvalue weighted by Gasteiger charge is 2.39. The predicted molar refractivity (Wildman–Crippen MR) is 199 cm³/mol. The van der Waals surface area contributed by atoms with Gasteiger partial charge in [-0.05, 0) is 81.9 Å². The second kappa shape index (κ2) is 13.6. The van der Waals surface area contributed by atoms with Crippen molar-refractivity contribution in [2.24, 2.45) is 0 Å². The highest BCUT2D eigenvalue weighted by atomic mass is 35.5. The van der Waals surface area contributed by atoms with Crippen LogP contribution in [-0.2, 0) is 14.8 Å². The Morgan fingerprint density at radius 3 is 2.51 bits per heavy atom. The fraction of sp³-hybridized carbons (Fsp3) is 0.297. The van der Waals surface area contributed by atoms with Gasteiger partial charge in [-0.1, -0.05) is 41.9 Å². The Balaban J connectivity index is 1.05. The van der Waals surface area contributed by atoms with Gasteiger partial charge < -0.3 is 20.3 Å². The van der Waals surface area contributed by atoms with Crippen molar-refractivity contribution in [3.8, 4) is 17.3 Å². The number of aromatic nitrogens is 6. The van der Waals surface area contributed by atoms with Crippen molar-refractivity contribution in [2.75, 3.05) is 37.9 Å². The highest BCUT2D eigenvalue weighted by molar-refractivity contribution is 7.89. The number of anilines is 2. The molecule has 0 saturated heterocycles. The molecular formula is C37H35ClFN9O4S. The summed E-state index contributed by atoms with van der Waals surface area (Å²) < 4.78 is 49.3. The third-order valence-corrected chi connectivity index (χ3v) is 11.9. The maximum Gasteiger partial charge on any atom is 0.319 e. The quantitative estimate of drug-likeness (QED) is 0.145. The number of likely N-dealkylation sites (N-methyl/N-ethyl adjacent to an activating group) is 1. The number of carbonyl (C=O) groups is 1. The maximum atomic E-state index is 16.6. The van der Waals surface area contributed by atoms with Crippen LogP contribution in [0.4, 0.5) is 15.9 Å². The molecule has 6 aromatic rings. The van der Waals surface area contributed by atoms with E-state index < -0.39 is 28.4 Å². The van der Waals surface area contributed by atoms with Crippen molar-refractivity contribution >= 4 is 60.7 Å². The Labute approximate surface area is 309 Å². The van der Waals surface area contributed by atoms with Crippen LogP contribution < -0.4 is 15.4 Å². The van der Waals surface area contributed by atoms with Gasteiger partial charge in [-0.3, -0.25) is 9.78 Å². The lowest BCUT2D eigenvalue weighted by molar-refractivity contribution is -0.118. The number of pyridine rings is 1. The summed E-state index contributed by atoms with van der Waals surface area (Å²) in [7, 11) is 0.108. The first-order valence-electron chi connectivity index (χ1n) is 17.2. The Bertz CT molecular complexity index is 2480. The van der Waals surface area contributed by atoms with E-state index in [9.17, 15) is 13.2 Å². The normalized spacial score (nSPS) is 15.4. The first-order chi connectivity index (χ1) is 25.5. The monoisotopic (exact) mass is 755 g/mol. The molecule has 3 heterocycles. The van der Waals surface area contributed by atoms with E-state index in [1.165, 1.54) is 36.8 Å². The van der Waals surface area contributed by atoms with Crippen LogP contribution in [0.2, 0.25) is 5.02 Å². The average molecular weight is 756 g/mol. The van der Waals surface area contributed by atoms with Gasteiger partial charge in [0.05, 0.1) is 10.3 Å². The first kappa shape index (κ1) is 34.8. The second-order valence-corrected chi connectivity index (χ2v) is 15.8. The van der Waals surface area contributed by atoms with Gasteiger partial charge in [-0.25, -0.2) is 9.37 Å². The average Bonchev–Trinajstić information content (AvgIpc) is 3.85. The number of carbonyl (C=O) groups excluding carboxylic acids is 1. The van der Waals surface area contributed by atoms with Crippen LogP contribution in [0.5, 0.6) is 6.01 Å². The van der Waals surface area contributed by atoms with Crippen molar-refractivity contribution in [1.82, 2.24) is 34.0 Å². The lowest BCUT2D eigenvalue weighted by Gasteiger charge is -2.47. The molecule has 2 N–H and O–H groups in total. The molecule has 3 aromatic heterocycles. The number of rotatable bonds is 12. The zero-order valence-corrected chi connectivity index (χ0v) is 30.5. The van der Waals surface area contributed by atoms with Crippen LogP contribution in [0.25, 0.3) is 32.9 Å². The van der Waals surface area contributed by atoms with Crippen LogP contribution in [0.3, 0.4) is 0 Å². The van der Waals surface area contributed by atoms with Gasteiger partial charge in [0.1, 0.15) is 23.4 Å². The van der Waals surface area contributed by atoms with Crippen LogP contribution in [0.1, 0.15) is 43.8 Å². The standard InChI is InChI=1S/C37H35ClFN9O4S/c1-47(2)37(16-5-17-37)20-41-35-27-18-40-32(26-8-3-6-22-7-4-9-28(38)30(22)26)31(39)33(27)44-36(45-35)52-19-29(49)43-24-12-14-25(15-13-24)53(50,51)48-21-42-34(46-48)23-10-11-23/h3-4,6-9,12-15,18,21,23H,5,10-11,16-17,19-20H2,1-2H3,(H,43,49)(H,41,44,45). The number of fused-ring (bicyclic) bond motifs is 2. The van der Waals surface area contributed by atoms with Crippen molar-refractivity contribution in [3.63, 3.8) is 0 Å². The lowest BCUT2D eigenvalue weighted by Crippen LogP contribution is -2.54. The van der Waals surface area contributed by atoms with Crippen LogP contribution in [0.15, 0.2) is 78.1 Å². The molecule has 13 nitrogen and oxygen atoms in total. The zero-order valence-electron chi connectivity index (χ0n) is 28.9. The van der Waals surface area contributed by atoms with Crippen molar-refractivity contribution in [2.45, 2.75) is 48.5 Å². The molecule has 0 spiro atoms. The highest BCUT2D eigenvalue weighted by Crippen LogP contribution is 2.40. The number of benzene rings is 3. The molecule has 0 atom stereocenters. The lowest BCUT2D eigenvalue weighted by atomic mass is 9.75. The Kier molecular flexibility index (Phi) is 8.95. The van der Waals surface area contributed by atoms with E-state index in [0.29, 0.717) is 45.2 Å². The minimum absolute atomic E-state index is 0.0109. The first-order valence-corrected chi connectivity index (χ1v) is 19.0. The van der Waals surface area contributed by atoms with Crippen LogP contribution >= 0.6 is 11.6 Å². The summed E-state index contributed by atoms with van der Waals surface area (Å²) in [5, 5.41) is 12.5. The Morgan fingerprint density at radius 1 is 1.06 bits per heavy atom. The van der Waals surface area contributed by atoms with Crippen molar-refractivity contribution < 1.29 is 22.3 Å². The molecule has 272 valence electrons. The molecule has 53 heavy (non-hydrogen) atoms. The smallest absolute Gasteiger partial charge is 0.319 e. The number of ether oxygens (including phenoxy) is 1. The SMILES string of the molecule is CN(C)C1(CNc2nc(OCC(=O)Nc3ccc(S(=O)(=O)n4cnc(C5CC5)n4)cc3)nc3c(F)c(-c4cccc5cccc(Cl)c45)ncc23)CCC1. The van der Waals surface area contributed by atoms with Gasteiger partial charge in [0.2, 0.25) is 0 Å². The number of nitrogens with zero attached hydrogens (tertiary/aromatic N) is 7. The van der Waals surface area contributed by atoms with E-state index in [0.717, 1.165) is 41.6 Å². The summed E-state index contributed by atoms with van der Waals surface area (Å²) in [5.74, 6) is -0.210. The summed E-state index contributed by atoms with van der Waals surface area (Å²) in [5.41, 5.74) is 0.778. The number of halogens is 2. The van der Waals surface area contributed by atoms with Gasteiger partial charge in [-0.15, -0.1) is 9.19 Å². The van der Waals surface area contributed by atoms with E-state index in [2.05, 4.69) is 40.6 Å². The molecule has 8 rings (SSSR count). The number of nitrogens with one attached hydrogen (secondary N) is 2. The van der Waals surface area contributed by atoms with Gasteiger partial charge in [-0.2, -0.15) is 18.4 Å². The maximum absolute atomic E-state index is 16.6. The fourth-order valence-electron chi connectivity index (χ4n) is 6.58. The van der Waals surface area contributed by atoms with Crippen LogP contribution in [-0.4, -0.2) is 81.1 Å². The Hall–Kier alpha value is -5.25. The summed E-state index contributed by atoms with van der Waals surface area (Å²) in [6, 6.07) is 16.4. The van der Waals surface area contributed by atoms with Gasteiger partial charge >= 0.3 is 6.01 Å². The molecule has 16 heteroatoms. The molecule has 0 aliphatic heterocycles. The number of hydrogen-bond donors (Lipinski definition) is 2. The van der Waals surface area contributed by atoms with Gasteiger partial charge in [0, 0.05) is 45.9 Å². The second-order valence-electron chi connectivity index (χ2n) is 13.6. The summed E-state index contributed by atoms with van der Waals surface area (Å²) in [6.07, 6.45) is 7.71. The Morgan fingerprint density at radius 2 is 1.81 bits per heavy atom. The molecule has 1 amide bonds.